The number of hydrogen-bond acceptors (Lipinski definition) is 1. The second kappa shape index (κ2) is 6.71. The van der Waals surface area contributed by atoms with E-state index in [1.54, 1.807) is 7.11 Å². The van der Waals surface area contributed by atoms with Gasteiger partial charge >= 0.3 is 0 Å². The first kappa shape index (κ1) is 14.1. The fourth-order valence-corrected chi connectivity index (χ4v) is 2.74. The van der Waals surface area contributed by atoms with Crippen LogP contribution in [0, 0.1) is 5.82 Å². The SMILES string of the molecule is COc1ccccc1CC(CBr)c1ccc(F)cc1. The van der Waals surface area contributed by atoms with Gasteiger partial charge in [0.1, 0.15) is 11.6 Å². The second-order valence-electron chi connectivity index (χ2n) is 4.42. The summed E-state index contributed by atoms with van der Waals surface area (Å²) in [6, 6.07) is 14.7. The van der Waals surface area contributed by atoms with Crippen molar-refractivity contribution in [1.82, 2.24) is 0 Å². The number of rotatable bonds is 5. The molecular formula is C16H16BrFO. The third-order valence-electron chi connectivity index (χ3n) is 3.19. The van der Waals surface area contributed by atoms with Gasteiger partial charge < -0.3 is 4.74 Å². The lowest BCUT2D eigenvalue weighted by atomic mass is 9.93. The molecule has 2 rings (SSSR count). The standard InChI is InChI=1S/C16H16BrFO/c1-19-16-5-3-2-4-13(16)10-14(11-17)12-6-8-15(18)9-7-12/h2-9,14H,10-11H2,1H3. The van der Waals surface area contributed by atoms with Crippen LogP contribution in [0.5, 0.6) is 5.75 Å². The van der Waals surface area contributed by atoms with E-state index in [-0.39, 0.29) is 5.82 Å². The molecule has 0 aromatic heterocycles. The highest BCUT2D eigenvalue weighted by Crippen LogP contribution is 2.27. The molecule has 0 N–H and O–H groups in total. The Morgan fingerprint density at radius 3 is 2.42 bits per heavy atom. The van der Waals surface area contributed by atoms with Crippen molar-refractivity contribution in [2.75, 3.05) is 12.4 Å². The molecule has 0 bridgehead atoms. The van der Waals surface area contributed by atoms with Crippen LogP contribution in [0.25, 0.3) is 0 Å². The summed E-state index contributed by atoms with van der Waals surface area (Å²) in [6.45, 7) is 0. The van der Waals surface area contributed by atoms with E-state index in [0.29, 0.717) is 5.92 Å². The Morgan fingerprint density at radius 2 is 1.79 bits per heavy atom. The minimum absolute atomic E-state index is 0.200. The molecular weight excluding hydrogens is 307 g/mol. The molecule has 0 fully saturated rings. The summed E-state index contributed by atoms with van der Waals surface area (Å²) in [5.41, 5.74) is 2.29. The minimum atomic E-state index is -0.200. The molecule has 0 saturated heterocycles. The van der Waals surface area contributed by atoms with Gasteiger partial charge in [-0.05, 0) is 41.7 Å². The molecule has 1 nitrogen and oxygen atoms in total. The number of benzene rings is 2. The van der Waals surface area contributed by atoms with Gasteiger partial charge in [0.25, 0.3) is 0 Å². The second-order valence-corrected chi connectivity index (χ2v) is 5.07. The van der Waals surface area contributed by atoms with Crippen molar-refractivity contribution in [3.8, 4) is 5.75 Å². The Bertz CT molecular complexity index is 525. The molecule has 1 atom stereocenters. The van der Waals surface area contributed by atoms with Crippen LogP contribution < -0.4 is 4.74 Å². The van der Waals surface area contributed by atoms with E-state index in [1.165, 1.54) is 17.7 Å². The summed E-state index contributed by atoms with van der Waals surface area (Å²) in [5, 5.41) is 0.830. The molecule has 2 aromatic carbocycles. The van der Waals surface area contributed by atoms with Gasteiger partial charge in [-0.15, -0.1) is 0 Å². The number of para-hydroxylation sites is 1. The number of halogens is 2. The highest BCUT2D eigenvalue weighted by Gasteiger charge is 2.13. The third kappa shape index (κ3) is 3.57. The number of methoxy groups -OCH3 is 1. The average molecular weight is 323 g/mol. The van der Waals surface area contributed by atoms with Gasteiger partial charge in [-0.3, -0.25) is 0 Å². The molecule has 0 aliphatic heterocycles. The first-order valence-corrected chi connectivity index (χ1v) is 7.30. The first-order valence-electron chi connectivity index (χ1n) is 6.18. The zero-order chi connectivity index (χ0) is 13.7. The van der Waals surface area contributed by atoms with Gasteiger partial charge in [0, 0.05) is 5.33 Å². The fourth-order valence-electron chi connectivity index (χ4n) is 2.13. The van der Waals surface area contributed by atoms with Gasteiger partial charge in [-0.2, -0.15) is 0 Å². The van der Waals surface area contributed by atoms with Crippen LogP contribution in [-0.2, 0) is 6.42 Å². The topological polar surface area (TPSA) is 9.23 Å². The minimum Gasteiger partial charge on any atom is -0.496 e. The molecule has 2 aromatic rings. The average Bonchev–Trinajstić information content (AvgIpc) is 2.46. The summed E-state index contributed by atoms with van der Waals surface area (Å²) in [7, 11) is 1.68. The van der Waals surface area contributed by atoms with Gasteiger partial charge in [-0.25, -0.2) is 4.39 Å². The van der Waals surface area contributed by atoms with Crippen LogP contribution in [-0.4, -0.2) is 12.4 Å². The van der Waals surface area contributed by atoms with Crippen molar-refractivity contribution in [2.24, 2.45) is 0 Å². The highest BCUT2D eigenvalue weighted by atomic mass is 79.9. The number of ether oxygens (including phenoxy) is 1. The van der Waals surface area contributed by atoms with Crippen LogP contribution in [0.15, 0.2) is 48.5 Å². The van der Waals surface area contributed by atoms with E-state index >= 15 is 0 Å². The Labute approximate surface area is 121 Å². The summed E-state index contributed by atoms with van der Waals surface area (Å²) < 4.78 is 18.3. The van der Waals surface area contributed by atoms with Crippen LogP contribution in [0.3, 0.4) is 0 Å². The van der Waals surface area contributed by atoms with Gasteiger partial charge in [-0.1, -0.05) is 46.3 Å². The lowest BCUT2D eigenvalue weighted by Gasteiger charge is -2.16. The van der Waals surface area contributed by atoms with Crippen LogP contribution in [0.1, 0.15) is 17.0 Å². The Kier molecular flexibility index (Phi) is 4.97. The molecule has 100 valence electrons. The van der Waals surface area contributed by atoms with Crippen molar-refractivity contribution < 1.29 is 9.13 Å². The Hall–Kier alpha value is -1.35. The van der Waals surface area contributed by atoms with Crippen LogP contribution in [0.2, 0.25) is 0 Å². The number of alkyl halides is 1. The van der Waals surface area contributed by atoms with Crippen LogP contribution >= 0.6 is 15.9 Å². The molecule has 0 spiro atoms. The maximum atomic E-state index is 13.0. The van der Waals surface area contributed by atoms with Crippen molar-refractivity contribution >= 4 is 15.9 Å². The molecule has 0 saturated carbocycles. The maximum absolute atomic E-state index is 13.0. The van der Waals surface area contributed by atoms with Gasteiger partial charge in [0.15, 0.2) is 0 Å². The first-order chi connectivity index (χ1) is 9.24. The van der Waals surface area contributed by atoms with Gasteiger partial charge in [0.2, 0.25) is 0 Å². The van der Waals surface area contributed by atoms with E-state index in [2.05, 4.69) is 22.0 Å². The normalized spacial score (nSPS) is 12.2. The largest absolute Gasteiger partial charge is 0.496 e. The molecule has 3 heteroatoms. The van der Waals surface area contributed by atoms with Crippen LogP contribution in [0.4, 0.5) is 4.39 Å². The predicted octanol–water partition coefficient (Wildman–Crippen LogP) is 4.56. The summed E-state index contributed by atoms with van der Waals surface area (Å²) in [4.78, 5) is 0. The van der Waals surface area contributed by atoms with Gasteiger partial charge in [0.05, 0.1) is 7.11 Å². The molecule has 0 aliphatic rings. The third-order valence-corrected chi connectivity index (χ3v) is 3.97. The van der Waals surface area contributed by atoms with E-state index in [4.69, 9.17) is 4.74 Å². The molecule has 0 radical (unpaired) electrons. The van der Waals surface area contributed by atoms with Crippen molar-refractivity contribution in [2.45, 2.75) is 12.3 Å². The quantitative estimate of drug-likeness (QED) is 0.733. The maximum Gasteiger partial charge on any atom is 0.123 e. The fraction of sp³-hybridized carbons (Fsp3) is 0.250. The molecule has 1 unspecified atom stereocenters. The molecule has 0 aliphatic carbocycles. The Morgan fingerprint density at radius 1 is 1.11 bits per heavy atom. The summed E-state index contributed by atoms with van der Waals surface area (Å²) >= 11 is 3.54. The molecule has 19 heavy (non-hydrogen) atoms. The van der Waals surface area contributed by atoms with E-state index in [1.807, 2.05) is 30.3 Å². The zero-order valence-corrected chi connectivity index (χ0v) is 12.4. The molecule has 0 heterocycles. The zero-order valence-electron chi connectivity index (χ0n) is 10.8. The predicted molar refractivity (Wildman–Crippen MR) is 79.6 cm³/mol. The van der Waals surface area contributed by atoms with E-state index < -0.39 is 0 Å². The van der Waals surface area contributed by atoms with E-state index in [9.17, 15) is 4.39 Å². The van der Waals surface area contributed by atoms with Crippen molar-refractivity contribution in [1.29, 1.82) is 0 Å². The Balaban J connectivity index is 2.21. The number of hydrogen-bond donors (Lipinski definition) is 0. The summed E-state index contributed by atoms with van der Waals surface area (Å²) in [6.07, 6.45) is 0.862. The summed E-state index contributed by atoms with van der Waals surface area (Å²) in [5.74, 6) is 1.00. The molecule has 0 amide bonds. The van der Waals surface area contributed by atoms with Crippen molar-refractivity contribution in [3.63, 3.8) is 0 Å². The highest BCUT2D eigenvalue weighted by molar-refractivity contribution is 9.09. The smallest absolute Gasteiger partial charge is 0.123 e. The van der Waals surface area contributed by atoms with E-state index in [0.717, 1.165) is 23.1 Å². The lowest BCUT2D eigenvalue weighted by Crippen LogP contribution is -2.05. The monoisotopic (exact) mass is 322 g/mol. The lowest BCUT2D eigenvalue weighted by molar-refractivity contribution is 0.408. The van der Waals surface area contributed by atoms with Crippen molar-refractivity contribution in [3.05, 3.63) is 65.5 Å².